The smallest absolute Gasteiger partial charge is 0.416 e. The molecule has 24 heavy (non-hydrogen) atoms. The van der Waals surface area contributed by atoms with Gasteiger partial charge in [0.25, 0.3) is 0 Å². The third-order valence-corrected chi connectivity index (χ3v) is 5.12. The molecule has 0 radical (unpaired) electrons. The average molecular weight is 362 g/mol. The van der Waals surface area contributed by atoms with E-state index in [2.05, 4.69) is 0 Å². The highest BCUT2D eigenvalue weighted by atomic mass is 35.5. The van der Waals surface area contributed by atoms with Crippen LogP contribution in [-0.2, 0) is 21.2 Å². The Morgan fingerprint density at radius 2 is 1.96 bits per heavy atom. The van der Waals surface area contributed by atoms with Crippen LogP contribution >= 0.6 is 11.6 Å². The molecule has 1 atom stereocenters. The SMILES string of the molecule is O=C(O)C1CCN(C(=O)C2(c3cc(C(F)(F)F)ccc3Cl)CC2)C1. The van der Waals surface area contributed by atoms with Crippen LogP contribution in [0.25, 0.3) is 0 Å². The molecular formula is C16H15ClF3NO3. The van der Waals surface area contributed by atoms with Crippen molar-refractivity contribution in [3.63, 3.8) is 0 Å². The van der Waals surface area contributed by atoms with Gasteiger partial charge in [-0.1, -0.05) is 11.6 Å². The number of carboxylic acid groups (broad SMARTS) is 1. The standard InChI is InChI=1S/C16H15ClF3NO3/c17-12-2-1-10(16(18,19)20)7-11(12)15(4-5-15)14(24)21-6-3-9(8-21)13(22)23/h1-2,7,9H,3-6,8H2,(H,22,23). The molecule has 2 fully saturated rings. The second-order valence-corrected chi connectivity index (χ2v) is 6.76. The molecule has 1 saturated carbocycles. The number of aliphatic carboxylic acids is 1. The minimum atomic E-state index is -4.51. The van der Waals surface area contributed by atoms with Gasteiger partial charge in [-0.2, -0.15) is 13.2 Å². The fourth-order valence-corrected chi connectivity index (χ4v) is 3.54. The summed E-state index contributed by atoms with van der Waals surface area (Å²) in [5.74, 6) is -1.92. The number of amides is 1. The second kappa shape index (κ2) is 5.65. The summed E-state index contributed by atoms with van der Waals surface area (Å²) in [6.45, 7) is 0.390. The van der Waals surface area contributed by atoms with Crippen LogP contribution in [0.15, 0.2) is 18.2 Å². The Balaban J connectivity index is 1.89. The van der Waals surface area contributed by atoms with E-state index in [1.807, 2.05) is 0 Å². The molecule has 1 aromatic rings. The molecule has 1 N–H and O–H groups in total. The number of carboxylic acids is 1. The van der Waals surface area contributed by atoms with E-state index >= 15 is 0 Å². The Kier molecular flexibility index (Phi) is 4.02. The van der Waals surface area contributed by atoms with Crippen LogP contribution in [0.1, 0.15) is 30.4 Å². The van der Waals surface area contributed by atoms with Gasteiger partial charge < -0.3 is 10.0 Å². The minimum absolute atomic E-state index is 0.0898. The molecule has 8 heteroatoms. The summed E-state index contributed by atoms with van der Waals surface area (Å²) >= 11 is 6.07. The predicted molar refractivity (Wildman–Crippen MR) is 79.7 cm³/mol. The molecule has 0 aromatic heterocycles. The van der Waals surface area contributed by atoms with E-state index in [-0.39, 0.29) is 23.0 Å². The number of carbonyl (C=O) groups excluding carboxylic acids is 1. The lowest BCUT2D eigenvalue weighted by Crippen LogP contribution is -2.38. The monoisotopic (exact) mass is 361 g/mol. The summed E-state index contributed by atoms with van der Waals surface area (Å²) in [6, 6.07) is 3.00. The maximum atomic E-state index is 12.9. The predicted octanol–water partition coefficient (Wildman–Crippen LogP) is 3.32. The van der Waals surface area contributed by atoms with E-state index in [1.165, 1.54) is 4.90 Å². The molecular weight excluding hydrogens is 347 g/mol. The lowest BCUT2D eigenvalue weighted by atomic mass is 9.92. The molecule has 1 amide bonds. The van der Waals surface area contributed by atoms with E-state index in [4.69, 9.17) is 16.7 Å². The first-order chi connectivity index (χ1) is 11.1. The molecule has 0 bridgehead atoms. The van der Waals surface area contributed by atoms with E-state index < -0.39 is 29.0 Å². The summed E-state index contributed by atoms with van der Waals surface area (Å²) in [4.78, 5) is 25.3. The maximum absolute atomic E-state index is 12.9. The molecule has 130 valence electrons. The summed E-state index contributed by atoms with van der Waals surface area (Å²) in [5, 5.41) is 9.16. The number of likely N-dealkylation sites (tertiary alicyclic amines) is 1. The van der Waals surface area contributed by atoms with Gasteiger partial charge in [0, 0.05) is 18.1 Å². The fourth-order valence-electron chi connectivity index (χ4n) is 3.24. The molecule has 1 aliphatic carbocycles. The highest BCUT2D eigenvalue weighted by Crippen LogP contribution is 2.53. The Labute approximate surface area is 141 Å². The van der Waals surface area contributed by atoms with E-state index in [0.29, 0.717) is 25.8 Å². The first-order valence-electron chi connectivity index (χ1n) is 7.54. The van der Waals surface area contributed by atoms with Gasteiger partial charge in [0.05, 0.1) is 16.9 Å². The fraction of sp³-hybridized carbons (Fsp3) is 0.500. The van der Waals surface area contributed by atoms with Crippen molar-refractivity contribution in [3.8, 4) is 0 Å². The van der Waals surface area contributed by atoms with Crippen LogP contribution in [0.4, 0.5) is 13.2 Å². The number of nitrogens with zero attached hydrogens (tertiary/aromatic N) is 1. The largest absolute Gasteiger partial charge is 0.481 e. The Morgan fingerprint density at radius 1 is 1.29 bits per heavy atom. The van der Waals surface area contributed by atoms with Crippen molar-refractivity contribution in [3.05, 3.63) is 34.3 Å². The molecule has 1 aliphatic heterocycles. The Bertz CT molecular complexity index is 700. The number of alkyl halides is 3. The van der Waals surface area contributed by atoms with Crippen molar-refractivity contribution in [2.75, 3.05) is 13.1 Å². The van der Waals surface area contributed by atoms with Gasteiger partial charge in [-0.3, -0.25) is 9.59 Å². The van der Waals surface area contributed by atoms with Crippen molar-refractivity contribution in [2.45, 2.75) is 30.9 Å². The topological polar surface area (TPSA) is 57.6 Å². The first kappa shape index (κ1) is 17.1. The van der Waals surface area contributed by atoms with Crippen LogP contribution in [0.5, 0.6) is 0 Å². The summed E-state index contributed by atoms with van der Waals surface area (Å²) in [7, 11) is 0. The third-order valence-electron chi connectivity index (χ3n) is 4.79. The number of carbonyl (C=O) groups is 2. The van der Waals surface area contributed by atoms with Gasteiger partial charge in [0.1, 0.15) is 0 Å². The molecule has 0 spiro atoms. The van der Waals surface area contributed by atoms with Gasteiger partial charge in [0.15, 0.2) is 0 Å². The van der Waals surface area contributed by atoms with Gasteiger partial charge in [-0.05, 0) is 43.0 Å². The van der Waals surface area contributed by atoms with Crippen LogP contribution in [-0.4, -0.2) is 35.0 Å². The quantitative estimate of drug-likeness (QED) is 0.898. The number of hydrogen-bond acceptors (Lipinski definition) is 2. The van der Waals surface area contributed by atoms with Gasteiger partial charge in [-0.15, -0.1) is 0 Å². The van der Waals surface area contributed by atoms with Crippen LogP contribution in [0.3, 0.4) is 0 Å². The molecule has 4 nitrogen and oxygen atoms in total. The number of halogens is 4. The maximum Gasteiger partial charge on any atom is 0.416 e. The zero-order chi connectivity index (χ0) is 17.7. The third kappa shape index (κ3) is 2.85. The van der Waals surface area contributed by atoms with Crippen molar-refractivity contribution < 1.29 is 27.9 Å². The second-order valence-electron chi connectivity index (χ2n) is 6.35. The molecule has 2 aliphatic rings. The minimum Gasteiger partial charge on any atom is -0.481 e. The van der Waals surface area contributed by atoms with Crippen molar-refractivity contribution >= 4 is 23.5 Å². The van der Waals surface area contributed by atoms with Crippen molar-refractivity contribution in [1.29, 1.82) is 0 Å². The lowest BCUT2D eigenvalue weighted by Gasteiger charge is -2.24. The summed E-state index contributed by atoms with van der Waals surface area (Å²) in [6.07, 6.45) is -3.32. The first-order valence-corrected chi connectivity index (χ1v) is 7.92. The molecule has 3 rings (SSSR count). The number of hydrogen-bond donors (Lipinski definition) is 1. The summed E-state index contributed by atoms with van der Waals surface area (Å²) in [5.41, 5.74) is -1.71. The average Bonchev–Trinajstić information content (AvgIpc) is 3.14. The van der Waals surface area contributed by atoms with Crippen LogP contribution < -0.4 is 0 Å². The normalized spacial score (nSPS) is 22.5. The zero-order valence-electron chi connectivity index (χ0n) is 12.6. The van der Waals surface area contributed by atoms with Crippen molar-refractivity contribution in [1.82, 2.24) is 4.90 Å². The highest BCUT2D eigenvalue weighted by Gasteiger charge is 2.55. The molecule has 1 aromatic carbocycles. The van der Waals surface area contributed by atoms with Gasteiger partial charge >= 0.3 is 12.1 Å². The van der Waals surface area contributed by atoms with Crippen LogP contribution in [0.2, 0.25) is 5.02 Å². The Hall–Kier alpha value is -1.76. The van der Waals surface area contributed by atoms with E-state index in [9.17, 15) is 22.8 Å². The van der Waals surface area contributed by atoms with E-state index in [0.717, 1.165) is 18.2 Å². The highest BCUT2D eigenvalue weighted by molar-refractivity contribution is 6.32. The van der Waals surface area contributed by atoms with Gasteiger partial charge in [-0.25, -0.2) is 0 Å². The lowest BCUT2D eigenvalue weighted by molar-refractivity contribution is -0.142. The van der Waals surface area contributed by atoms with Crippen molar-refractivity contribution in [2.24, 2.45) is 5.92 Å². The Morgan fingerprint density at radius 3 is 2.46 bits per heavy atom. The summed E-state index contributed by atoms with van der Waals surface area (Å²) < 4.78 is 38.8. The molecule has 1 heterocycles. The number of rotatable bonds is 3. The van der Waals surface area contributed by atoms with E-state index in [1.54, 1.807) is 0 Å². The van der Waals surface area contributed by atoms with Gasteiger partial charge in [0.2, 0.25) is 5.91 Å². The number of benzene rings is 1. The molecule has 1 unspecified atom stereocenters. The van der Waals surface area contributed by atoms with Crippen LogP contribution in [0, 0.1) is 5.92 Å². The molecule has 1 saturated heterocycles. The zero-order valence-corrected chi connectivity index (χ0v) is 13.3.